The molecule has 2 aromatic rings. The third kappa shape index (κ3) is 5.74. The van der Waals surface area contributed by atoms with Gasteiger partial charge in [0.25, 0.3) is 0 Å². The van der Waals surface area contributed by atoms with Gasteiger partial charge in [-0.3, -0.25) is 0 Å². The molecule has 4 nitrogen and oxygen atoms in total. The number of aromatic nitrogens is 2. The molecule has 0 atom stereocenters. The second-order valence-electron chi connectivity index (χ2n) is 6.86. The fraction of sp³-hybridized carbons (Fsp3) is 0.474. The van der Waals surface area contributed by atoms with Crippen molar-refractivity contribution in [3.05, 3.63) is 41.6 Å². The lowest BCUT2D eigenvalue weighted by atomic mass is 9.83. The summed E-state index contributed by atoms with van der Waals surface area (Å²) in [5.74, 6) is -1.14. The molecular weight excluding hydrogens is 400 g/mol. The van der Waals surface area contributed by atoms with Crippen molar-refractivity contribution in [1.82, 2.24) is 9.97 Å². The molecule has 1 heterocycles. The van der Waals surface area contributed by atoms with Crippen LogP contribution in [0.4, 0.5) is 38.0 Å². The van der Waals surface area contributed by atoms with Crippen molar-refractivity contribution in [2.75, 3.05) is 11.9 Å². The Morgan fingerprint density at radius 2 is 1.69 bits per heavy atom. The molecule has 1 saturated carbocycles. The van der Waals surface area contributed by atoms with E-state index >= 15 is 0 Å². The number of para-hydroxylation sites is 1. The lowest BCUT2D eigenvalue weighted by Gasteiger charge is -2.24. The van der Waals surface area contributed by atoms with Crippen molar-refractivity contribution >= 4 is 11.6 Å². The topological polar surface area (TPSA) is 47.0 Å². The molecule has 0 unspecified atom stereocenters. The summed E-state index contributed by atoms with van der Waals surface area (Å²) in [6.45, 7) is -1.88. The van der Waals surface area contributed by atoms with Gasteiger partial charge in [-0.2, -0.15) is 31.3 Å². The number of nitrogens with zero attached hydrogens (tertiary/aromatic N) is 2. The van der Waals surface area contributed by atoms with Crippen molar-refractivity contribution < 1.29 is 31.1 Å². The van der Waals surface area contributed by atoms with E-state index in [4.69, 9.17) is 0 Å². The molecule has 1 aromatic heterocycles. The van der Waals surface area contributed by atoms with E-state index < -0.39 is 30.4 Å². The van der Waals surface area contributed by atoms with Crippen LogP contribution in [0.15, 0.2) is 30.5 Å². The number of rotatable bonds is 5. The molecule has 1 fully saturated rings. The number of nitrogens with one attached hydrogen (secondary N) is 1. The van der Waals surface area contributed by atoms with Crippen molar-refractivity contribution in [3.8, 4) is 5.88 Å². The van der Waals surface area contributed by atoms with Crippen LogP contribution in [0.1, 0.15) is 49.1 Å². The first-order chi connectivity index (χ1) is 13.6. The smallest absolute Gasteiger partial charge is 0.423 e. The number of anilines is 2. The van der Waals surface area contributed by atoms with Crippen molar-refractivity contribution in [2.45, 2.75) is 50.4 Å². The number of hydrogen-bond donors (Lipinski definition) is 1. The van der Waals surface area contributed by atoms with E-state index in [2.05, 4.69) is 20.0 Å². The standard InChI is InChI=1S/C19H19F6N3O/c20-18(21,22)11-29-16-14(19(23,24)25)10-26-17(28-16)27-15-9-5-4-8-13(15)12-6-2-1-3-7-12/h4-5,8-10,12H,1-3,6-7,11H2,(H,26,27,28). The Morgan fingerprint density at radius 3 is 2.34 bits per heavy atom. The molecule has 3 rings (SSSR count). The van der Waals surface area contributed by atoms with Gasteiger partial charge < -0.3 is 10.1 Å². The number of ether oxygens (including phenoxy) is 1. The minimum absolute atomic E-state index is 0.265. The van der Waals surface area contributed by atoms with E-state index in [1.165, 1.54) is 0 Å². The second kappa shape index (κ2) is 8.46. The molecule has 0 amide bonds. The van der Waals surface area contributed by atoms with Gasteiger partial charge in [0, 0.05) is 11.9 Å². The predicted octanol–water partition coefficient (Wildman–Crippen LogP) is 6.23. The summed E-state index contributed by atoms with van der Waals surface area (Å²) in [6, 6.07) is 7.27. The molecule has 1 aliphatic carbocycles. The van der Waals surface area contributed by atoms with E-state index in [-0.39, 0.29) is 5.95 Å². The van der Waals surface area contributed by atoms with Crippen molar-refractivity contribution in [1.29, 1.82) is 0 Å². The van der Waals surface area contributed by atoms with Crippen LogP contribution in [0.25, 0.3) is 0 Å². The molecular formula is C19H19F6N3O. The lowest BCUT2D eigenvalue weighted by Crippen LogP contribution is -2.22. The molecule has 1 aromatic carbocycles. The fourth-order valence-electron chi connectivity index (χ4n) is 3.38. The summed E-state index contributed by atoms with van der Waals surface area (Å²) in [4.78, 5) is 7.19. The van der Waals surface area contributed by atoms with Gasteiger partial charge in [0.15, 0.2) is 6.61 Å². The van der Waals surface area contributed by atoms with Crippen LogP contribution in [-0.2, 0) is 6.18 Å². The van der Waals surface area contributed by atoms with Crippen LogP contribution < -0.4 is 10.1 Å². The third-order valence-electron chi connectivity index (χ3n) is 4.68. The summed E-state index contributed by atoms with van der Waals surface area (Å²) in [6.07, 6.45) is -4.00. The maximum atomic E-state index is 13.1. The van der Waals surface area contributed by atoms with E-state index in [1.807, 2.05) is 12.1 Å². The molecule has 0 radical (unpaired) electrons. The summed E-state index contributed by atoms with van der Waals surface area (Å²) >= 11 is 0. The van der Waals surface area contributed by atoms with Gasteiger partial charge in [0.2, 0.25) is 11.8 Å². The molecule has 1 N–H and O–H groups in total. The monoisotopic (exact) mass is 419 g/mol. The number of alkyl halides is 6. The molecule has 0 spiro atoms. The molecule has 0 aliphatic heterocycles. The van der Waals surface area contributed by atoms with Gasteiger partial charge in [-0.1, -0.05) is 37.5 Å². The summed E-state index contributed by atoms with van der Waals surface area (Å²) in [7, 11) is 0. The second-order valence-corrected chi connectivity index (χ2v) is 6.86. The maximum absolute atomic E-state index is 13.1. The highest BCUT2D eigenvalue weighted by Crippen LogP contribution is 2.38. The van der Waals surface area contributed by atoms with Crippen LogP contribution in [0.2, 0.25) is 0 Å². The third-order valence-corrected chi connectivity index (χ3v) is 4.68. The summed E-state index contributed by atoms with van der Waals surface area (Å²) in [5, 5.41) is 2.84. The number of hydrogen-bond acceptors (Lipinski definition) is 4. The Labute approximate surface area is 163 Å². The van der Waals surface area contributed by atoms with E-state index in [0.717, 1.165) is 37.7 Å². The molecule has 0 saturated heterocycles. The highest BCUT2D eigenvalue weighted by molar-refractivity contribution is 5.60. The Kier molecular flexibility index (Phi) is 6.18. The van der Waals surface area contributed by atoms with Gasteiger partial charge in [-0.25, -0.2) is 4.98 Å². The zero-order valence-electron chi connectivity index (χ0n) is 15.3. The largest absolute Gasteiger partial charge is 0.467 e. The van der Waals surface area contributed by atoms with E-state index in [0.29, 0.717) is 17.8 Å². The van der Waals surface area contributed by atoms with Gasteiger partial charge in [-0.15, -0.1) is 0 Å². The molecule has 29 heavy (non-hydrogen) atoms. The quantitative estimate of drug-likeness (QED) is 0.584. The average molecular weight is 419 g/mol. The predicted molar refractivity (Wildman–Crippen MR) is 94.1 cm³/mol. The van der Waals surface area contributed by atoms with Crippen LogP contribution in [-0.4, -0.2) is 22.8 Å². The minimum atomic E-state index is -4.94. The fourth-order valence-corrected chi connectivity index (χ4v) is 3.38. The highest BCUT2D eigenvalue weighted by atomic mass is 19.4. The molecule has 0 bridgehead atoms. The first kappa shape index (κ1) is 21.2. The Bertz CT molecular complexity index is 831. The van der Waals surface area contributed by atoms with Crippen molar-refractivity contribution in [3.63, 3.8) is 0 Å². The number of benzene rings is 1. The Morgan fingerprint density at radius 1 is 1.00 bits per heavy atom. The van der Waals surface area contributed by atoms with Crippen LogP contribution >= 0.6 is 0 Å². The zero-order chi connectivity index (χ0) is 21.1. The lowest BCUT2D eigenvalue weighted by molar-refractivity contribution is -0.159. The first-order valence-electron chi connectivity index (χ1n) is 9.13. The van der Waals surface area contributed by atoms with Crippen LogP contribution in [0.5, 0.6) is 5.88 Å². The zero-order valence-corrected chi connectivity index (χ0v) is 15.3. The van der Waals surface area contributed by atoms with Crippen LogP contribution in [0.3, 0.4) is 0 Å². The van der Waals surface area contributed by atoms with Gasteiger partial charge in [-0.05, 0) is 30.4 Å². The molecule has 10 heteroatoms. The molecule has 1 aliphatic rings. The normalized spacial score (nSPS) is 15.9. The van der Waals surface area contributed by atoms with Crippen molar-refractivity contribution in [2.24, 2.45) is 0 Å². The number of halogens is 6. The minimum Gasteiger partial charge on any atom is -0.467 e. The summed E-state index contributed by atoms with van der Waals surface area (Å²) in [5.41, 5.74) is 0.127. The van der Waals surface area contributed by atoms with E-state index in [1.54, 1.807) is 12.1 Å². The van der Waals surface area contributed by atoms with Crippen LogP contribution in [0, 0.1) is 0 Å². The SMILES string of the molecule is FC(F)(F)COc1nc(Nc2ccccc2C2CCCCC2)ncc1C(F)(F)F. The average Bonchev–Trinajstić information content (AvgIpc) is 2.66. The maximum Gasteiger partial charge on any atom is 0.423 e. The summed E-state index contributed by atoms with van der Waals surface area (Å²) < 4.78 is 80.8. The van der Waals surface area contributed by atoms with Gasteiger partial charge >= 0.3 is 12.4 Å². The molecule has 158 valence electrons. The Balaban J connectivity index is 1.88. The highest BCUT2D eigenvalue weighted by Gasteiger charge is 2.38. The van der Waals surface area contributed by atoms with Gasteiger partial charge in [0.05, 0.1) is 0 Å². The van der Waals surface area contributed by atoms with E-state index in [9.17, 15) is 26.3 Å². The first-order valence-corrected chi connectivity index (χ1v) is 9.13. The van der Waals surface area contributed by atoms with Gasteiger partial charge in [0.1, 0.15) is 5.56 Å². The Hall–Kier alpha value is -2.52.